The normalized spacial score (nSPS) is 10.9. The van der Waals surface area contributed by atoms with Crippen molar-refractivity contribution in [3.8, 4) is 0 Å². The number of benzene rings is 1. The summed E-state index contributed by atoms with van der Waals surface area (Å²) in [7, 11) is 1.53. The highest BCUT2D eigenvalue weighted by atomic mass is 127. The maximum absolute atomic E-state index is 12.6. The third kappa shape index (κ3) is 5.20. The SMILES string of the molecule is Cc1c(Nc2ccc(I)cc2Cl)c(C(=O)NOC(CO)CO)cn(C)c1=O. The van der Waals surface area contributed by atoms with Crippen molar-refractivity contribution in [2.45, 2.75) is 13.0 Å². The van der Waals surface area contributed by atoms with E-state index in [1.54, 1.807) is 19.1 Å². The van der Waals surface area contributed by atoms with E-state index in [9.17, 15) is 9.59 Å². The second-order valence-electron chi connectivity index (χ2n) is 5.74. The van der Waals surface area contributed by atoms with Crippen LogP contribution in [-0.4, -0.2) is 40.0 Å². The van der Waals surface area contributed by atoms with E-state index in [1.165, 1.54) is 17.8 Å². The van der Waals surface area contributed by atoms with Gasteiger partial charge in [0.15, 0.2) is 0 Å². The summed E-state index contributed by atoms with van der Waals surface area (Å²) in [6.07, 6.45) is 0.411. The Labute approximate surface area is 174 Å². The summed E-state index contributed by atoms with van der Waals surface area (Å²) in [6, 6.07) is 5.32. The lowest BCUT2D eigenvalue weighted by atomic mass is 10.1. The molecule has 1 heterocycles. The molecule has 0 bridgehead atoms. The fraction of sp³-hybridized carbons (Fsp3) is 0.294. The Morgan fingerprint density at radius 1 is 1.37 bits per heavy atom. The number of aliphatic hydroxyl groups is 2. The quantitative estimate of drug-likeness (QED) is 0.335. The number of aryl methyl sites for hydroxylation is 1. The number of carbonyl (C=O) groups excluding carboxylic acids is 1. The molecule has 0 spiro atoms. The zero-order chi connectivity index (χ0) is 20.1. The van der Waals surface area contributed by atoms with E-state index < -0.39 is 25.2 Å². The number of hydrogen-bond donors (Lipinski definition) is 4. The number of hydrogen-bond acceptors (Lipinski definition) is 6. The van der Waals surface area contributed by atoms with Gasteiger partial charge in [0.2, 0.25) is 0 Å². The summed E-state index contributed by atoms with van der Waals surface area (Å²) >= 11 is 8.37. The predicted molar refractivity (Wildman–Crippen MR) is 110 cm³/mol. The van der Waals surface area contributed by atoms with Gasteiger partial charge in [0.25, 0.3) is 11.5 Å². The van der Waals surface area contributed by atoms with Gasteiger partial charge < -0.3 is 20.1 Å². The van der Waals surface area contributed by atoms with Crippen LogP contribution >= 0.6 is 34.2 Å². The van der Waals surface area contributed by atoms with Crippen molar-refractivity contribution in [2.24, 2.45) is 7.05 Å². The molecule has 27 heavy (non-hydrogen) atoms. The van der Waals surface area contributed by atoms with Gasteiger partial charge in [-0.05, 0) is 47.7 Å². The summed E-state index contributed by atoms with van der Waals surface area (Å²) in [4.78, 5) is 29.8. The molecule has 2 rings (SSSR count). The Hall–Kier alpha value is -1.66. The first-order valence-electron chi connectivity index (χ1n) is 7.88. The molecule has 0 aliphatic heterocycles. The Kier molecular flexibility index (Phi) is 7.62. The molecule has 1 aromatic heterocycles. The molecule has 0 unspecified atom stereocenters. The van der Waals surface area contributed by atoms with Gasteiger partial charge >= 0.3 is 0 Å². The van der Waals surface area contributed by atoms with Gasteiger partial charge in [-0.15, -0.1) is 0 Å². The van der Waals surface area contributed by atoms with Crippen LogP contribution in [0.2, 0.25) is 5.02 Å². The number of nitrogens with zero attached hydrogens (tertiary/aromatic N) is 1. The van der Waals surface area contributed by atoms with Crippen LogP contribution in [0.15, 0.2) is 29.2 Å². The molecule has 0 fully saturated rings. The highest BCUT2D eigenvalue weighted by Gasteiger charge is 2.20. The van der Waals surface area contributed by atoms with E-state index in [4.69, 9.17) is 26.7 Å². The Bertz CT molecular complexity index is 899. The molecule has 146 valence electrons. The fourth-order valence-electron chi connectivity index (χ4n) is 2.27. The van der Waals surface area contributed by atoms with Crippen LogP contribution in [0, 0.1) is 10.5 Å². The van der Waals surface area contributed by atoms with Crippen LogP contribution in [0.25, 0.3) is 0 Å². The fourth-order valence-corrected chi connectivity index (χ4v) is 3.18. The number of nitrogens with one attached hydrogen (secondary N) is 2. The summed E-state index contributed by atoms with van der Waals surface area (Å²) in [5.74, 6) is -0.648. The molecule has 0 aliphatic carbocycles. The second-order valence-corrected chi connectivity index (χ2v) is 7.40. The topological polar surface area (TPSA) is 113 Å². The van der Waals surface area contributed by atoms with Crippen molar-refractivity contribution in [3.63, 3.8) is 0 Å². The van der Waals surface area contributed by atoms with Gasteiger partial charge in [0.1, 0.15) is 6.10 Å². The standard InChI is InChI=1S/C17H19ClIN3O5/c1-9-15(20-14-4-3-10(19)5-13(14)18)12(6-22(2)17(9)26)16(25)21-27-11(7-23)8-24/h3-6,11,20,23-24H,7-8H2,1-2H3,(H,21,25). The first-order chi connectivity index (χ1) is 12.8. The van der Waals surface area contributed by atoms with E-state index in [0.29, 0.717) is 16.3 Å². The van der Waals surface area contributed by atoms with Crippen LogP contribution in [0.4, 0.5) is 11.4 Å². The lowest BCUT2D eigenvalue weighted by molar-refractivity contribution is -0.0618. The first kappa shape index (κ1) is 21.6. The Morgan fingerprint density at radius 3 is 2.63 bits per heavy atom. The van der Waals surface area contributed by atoms with E-state index in [2.05, 4.69) is 33.4 Å². The molecule has 0 atom stereocenters. The lowest BCUT2D eigenvalue weighted by Gasteiger charge is -2.18. The van der Waals surface area contributed by atoms with Gasteiger partial charge in [0, 0.05) is 22.4 Å². The molecular weight excluding hydrogens is 489 g/mol. The molecule has 1 amide bonds. The van der Waals surface area contributed by atoms with Gasteiger partial charge in [-0.3, -0.25) is 14.4 Å². The molecule has 1 aromatic carbocycles. The summed E-state index contributed by atoms with van der Waals surface area (Å²) in [5, 5.41) is 21.5. The predicted octanol–water partition coefficient (Wildman–Crippen LogP) is 1.71. The van der Waals surface area contributed by atoms with Gasteiger partial charge in [-0.2, -0.15) is 0 Å². The van der Waals surface area contributed by atoms with Gasteiger partial charge in [-0.1, -0.05) is 11.6 Å². The maximum Gasteiger partial charge on any atom is 0.278 e. The largest absolute Gasteiger partial charge is 0.393 e. The third-order valence-corrected chi connectivity index (χ3v) is 4.75. The number of rotatable bonds is 7. The Morgan fingerprint density at radius 2 is 2.04 bits per heavy atom. The number of anilines is 2. The molecule has 0 saturated carbocycles. The van der Waals surface area contributed by atoms with Crippen molar-refractivity contribution < 1.29 is 19.8 Å². The minimum Gasteiger partial charge on any atom is -0.393 e. The van der Waals surface area contributed by atoms with Crippen molar-refractivity contribution in [3.05, 3.63) is 54.5 Å². The molecule has 8 nitrogen and oxygen atoms in total. The number of aromatic nitrogens is 1. The highest BCUT2D eigenvalue weighted by molar-refractivity contribution is 14.1. The van der Waals surface area contributed by atoms with Gasteiger partial charge in [0.05, 0.1) is 35.2 Å². The summed E-state index contributed by atoms with van der Waals surface area (Å²) in [5.41, 5.74) is 3.17. The van der Waals surface area contributed by atoms with Crippen molar-refractivity contribution in [1.29, 1.82) is 0 Å². The molecule has 0 saturated heterocycles. The van der Waals surface area contributed by atoms with Crippen LogP contribution in [0.3, 0.4) is 0 Å². The zero-order valence-electron chi connectivity index (χ0n) is 14.6. The van der Waals surface area contributed by atoms with Crippen LogP contribution < -0.4 is 16.4 Å². The smallest absolute Gasteiger partial charge is 0.278 e. The molecule has 0 radical (unpaired) electrons. The van der Waals surface area contributed by atoms with E-state index in [1.807, 2.05) is 6.07 Å². The van der Waals surface area contributed by atoms with E-state index in [-0.39, 0.29) is 16.8 Å². The molecule has 10 heteroatoms. The van der Waals surface area contributed by atoms with E-state index in [0.717, 1.165) is 3.57 Å². The highest BCUT2D eigenvalue weighted by Crippen LogP contribution is 2.29. The second kappa shape index (κ2) is 9.51. The average Bonchev–Trinajstić information content (AvgIpc) is 2.64. The molecule has 0 aliphatic rings. The van der Waals surface area contributed by atoms with E-state index >= 15 is 0 Å². The number of aliphatic hydroxyl groups excluding tert-OH is 2. The number of amides is 1. The van der Waals surface area contributed by atoms with Crippen molar-refractivity contribution in [2.75, 3.05) is 18.5 Å². The lowest BCUT2D eigenvalue weighted by Crippen LogP contribution is -2.35. The van der Waals surface area contributed by atoms with Crippen LogP contribution in [0.5, 0.6) is 0 Å². The maximum atomic E-state index is 12.6. The molecule has 2 aromatic rings. The zero-order valence-corrected chi connectivity index (χ0v) is 17.5. The average molecular weight is 508 g/mol. The number of hydroxylamine groups is 1. The first-order valence-corrected chi connectivity index (χ1v) is 9.34. The van der Waals surface area contributed by atoms with Crippen molar-refractivity contribution >= 4 is 51.5 Å². The van der Waals surface area contributed by atoms with Crippen molar-refractivity contribution in [1.82, 2.24) is 10.0 Å². The number of halogens is 2. The number of carbonyl (C=O) groups is 1. The number of pyridine rings is 1. The molecular formula is C17H19ClIN3O5. The van der Waals surface area contributed by atoms with Crippen LogP contribution in [0.1, 0.15) is 15.9 Å². The molecule has 4 N–H and O–H groups in total. The Balaban J connectivity index is 2.42. The monoisotopic (exact) mass is 507 g/mol. The third-order valence-electron chi connectivity index (χ3n) is 3.77. The summed E-state index contributed by atoms with van der Waals surface area (Å²) < 4.78 is 2.22. The summed E-state index contributed by atoms with van der Waals surface area (Å²) in [6.45, 7) is 0.659. The minimum atomic E-state index is -0.954. The van der Waals surface area contributed by atoms with Crippen LogP contribution in [-0.2, 0) is 11.9 Å². The minimum absolute atomic E-state index is 0.138. The van der Waals surface area contributed by atoms with Gasteiger partial charge in [-0.25, -0.2) is 5.48 Å².